The largest absolute Gasteiger partial charge is 0.488 e. The summed E-state index contributed by atoms with van der Waals surface area (Å²) in [6, 6.07) is 22.6. The molecule has 8 heteroatoms. The number of hydrogen-bond donors (Lipinski definition) is 0. The minimum atomic E-state index is -0.231. The average molecular weight is 581 g/mol. The van der Waals surface area contributed by atoms with Crippen molar-refractivity contribution >= 4 is 67.0 Å². The lowest BCUT2D eigenvalue weighted by molar-refractivity contribution is 0.306. The molecule has 0 radical (unpaired) electrons. The first-order valence-corrected chi connectivity index (χ1v) is 12.8. The molecule has 0 saturated heterocycles. The lowest BCUT2D eigenvalue weighted by Gasteiger charge is -2.13. The number of ether oxygens (including phenoxy) is 1. The molecule has 0 bridgehead atoms. The van der Waals surface area contributed by atoms with Crippen LogP contribution in [0.25, 0.3) is 21.7 Å². The van der Waals surface area contributed by atoms with Crippen molar-refractivity contribution in [3.05, 3.63) is 115 Å². The van der Waals surface area contributed by atoms with Crippen LogP contribution in [0.5, 0.6) is 5.75 Å². The lowest BCUT2D eigenvalue weighted by atomic mass is 10.0. The van der Waals surface area contributed by atoms with Gasteiger partial charge in [-0.1, -0.05) is 82.5 Å². The standard InChI is InChI=1S/C28H20BrCl2N3O2/c1-2-27-33-25-11-9-19(29)13-22(25)28(35)34(27)32-15-23-21-6-4-3-5-17(21)8-12-26(23)36-16-18-7-10-20(30)14-24(18)31/h3-15H,2,16H2,1H3. The minimum Gasteiger partial charge on any atom is -0.488 e. The summed E-state index contributed by atoms with van der Waals surface area (Å²) in [5.41, 5.74) is 1.97. The highest BCUT2D eigenvalue weighted by atomic mass is 79.9. The minimum absolute atomic E-state index is 0.231. The molecular formula is C28H20BrCl2N3O2. The summed E-state index contributed by atoms with van der Waals surface area (Å²) in [6.45, 7) is 2.20. The van der Waals surface area contributed by atoms with E-state index in [1.807, 2.05) is 61.5 Å². The Hall–Kier alpha value is -3.19. The van der Waals surface area contributed by atoms with Crippen molar-refractivity contribution in [1.29, 1.82) is 0 Å². The molecule has 5 nitrogen and oxygen atoms in total. The molecule has 0 fully saturated rings. The summed E-state index contributed by atoms with van der Waals surface area (Å²) in [4.78, 5) is 18.0. The van der Waals surface area contributed by atoms with E-state index in [0.717, 1.165) is 26.4 Å². The number of aryl methyl sites for hydroxylation is 1. The fourth-order valence-electron chi connectivity index (χ4n) is 3.99. The number of fused-ring (bicyclic) bond motifs is 2. The van der Waals surface area contributed by atoms with Gasteiger partial charge in [-0.05, 0) is 47.2 Å². The second-order valence-corrected chi connectivity index (χ2v) is 9.89. The summed E-state index contributed by atoms with van der Waals surface area (Å²) in [5, 5.41) is 8.16. The van der Waals surface area contributed by atoms with Crippen LogP contribution in [0.15, 0.2) is 87.2 Å². The molecule has 0 atom stereocenters. The zero-order valence-corrected chi connectivity index (χ0v) is 22.3. The monoisotopic (exact) mass is 579 g/mol. The summed E-state index contributed by atoms with van der Waals surface area (Å²) in [7, 11) is 0. The zero-order chi connectivity index (χ0) is 25.2. The number of halogens is 3. The first-order valence-electron chi connectivity index (χ1n) is 11.3. The van der Waals surface area contributed by atoms with Gasteiger partial charge in [-0.2, -0.15) is 9.78 Å². The maximum Gasteiger partial charge on any atom is 0.282 e. The van der Waals surface area contributed by atoms with E-state index in [-0.39, 0.29) is 12.2 Å². The van der Waals surface area contributed by atoms with Gasteiger partial charge >= 0.3 is 0 Å². The third-order valence-corrected chi connectivity index (χ3v) is 6.90. The second-order valence-electron chi connectivity index (χ2n) is 8.13. The van der Waals surface area contributed by atoms with Gasteiger partial charge in [0.05, 0.1) is 17.1 Å². The molecule has 0 aliphatic carbocycles. The van der Waals surface area contributed by atoms with Gasteiger partial charge in [0.1, 0.15) is 18.2 Å². The quantitative estimate of drug-likeness (QED) is 0.194. The fourth-order valence-corrected chi connectivity index (χ4v) is 4.81. The first kappa shape index (κ1) is 24.5. The molecule has 5 aromatic rings. The van der Waals surface area contributed by atoms with Gasteiger partial charge in [0.2, 0.25) is 0 Å². The Morgan fingerprint density at radius 3 is 2.67 bits per heavy atom. The zero-order valence-electron chi connectivity index (χ0n) is 19.2. The predicted octanol–water partition coefficient (Wildman–Crippen LogP) is 7.64. The molecule has 0 spiro atoms. The van der Waals surface area contributed by atoms with Crippen LogP contribution in [0.4, 0.5) is 0 Å². The summed E-state index contributed by atoms with van der Waals surface area (Å²) in [5.74, 6) is 1.19. The molecule has 180 valence electrons. The van der Waals surface area contributed by atoms with Crippen LogP contribution in [0, 0.1) is 0 Å². The molecule has 36 heavy (non-hydrogen) atoms. The van der Waals surface area contributed by atoms with Crippen LogP contribution in [0.2, 0.25) is 10.0 Å². The van der Waals surface area contributed by atoms with Crippen LogP contribution in [0.1, 0.15) is 23.9 Å². The molecule has 0 aliphatic heterocycles. The fraction of sp³-hybridized carbons (Fsp3) is 0.107. The van der Waals surface area contributed by atoms with Crippen LogP contribution < -0.4 is 10.3 Å². The highest BCUT2D eigenvalue weighted by Crippen LogP contribution is 2.29. The van der Waals surface area contributed by atoms with Crippen molar-refractivity contribution in [1.82, 2.24) is 9.66 Å². The number of rotatable bonds is 6. The third-order valence-electron chi connectivity index (χ3n) is 5.82. The van der Waals surface area contributed by atoms with Gasteiger partial charge in [-0.3, -0.25) is 4.79 Å². The number of nitrogens with zero attached hydrogens (tertiary/aromatic N) is 3. The molecule has 1 heterocycles. The van der Waals surface area contributed by atoms with Crippen molar-refractivity contribution in [3.8, 4) is 5.75 Å². The molecule has 0 amide bonds. The van der Waals surface area contributed by atoms with Crippen LogP contribution >= 0.6 is 39.1 Å². The van der Waals surface area contributed by atoms with Gasteiger partial charge < -0.3 is 4.74 Å². The first-order chi connectivity index (χ1) is 17.4. The lowest BCUT2D eigenvalue weighted by Crippen LogP contribution is -2.22. The average Bonchev–Trinajstić information content (AvgIpc) is 2.88. The summed E-state index contributed by atoms with van der Waals surface area (Å²) < 4.78 is 8.35. The van der Waals surface area contributed by atoms with E-state index < -0.39 is 0 Å². The van der Waals surface area contributed by atoms with Crippen molar-refractivity contribution < 1.29 is 4.74 Å². The van der Waals surface area contributed by atoms with Crippen LogP contribution in [-0.2, 0) is 13.0 Å². The molecular weight excluding hydrogens is 561 g/mol. The molecule has 1 aromatic heterocycles. The second kappa shape index (κ2) is 10.4. The van der Waals surface area contributed by atoms with Crippen molar-refractivity contribution in [2.45, 2.75) is 20.0 Å². The molecule has 0 unspecified atom stereocenters. The van der Waals surface area contributed by atoms with Crippen molar-refractivity contribution in [2.75, 3.05) is 0 Å². The van der Waals surface area contributed by atoms with E-state index in [9.17, 15) is 4.79 Å². The Morgan fingerprint density at radius 1 is 1.03 bits per heavy atom. The van der Waals surface area contributed by atoms with E-state index in [4.69, 9.17) is 27.9 Å². The van der Waals surface area contributed by atoms with Crippen LogP contribution in [-0.4, -0.2) is 15.9 Å². The van der Waals surface area contributed by atoms with Gasteiger partial charge in [-0.15, -0.1) is 0 Å². The SMILES string of the molecule is CCc1nc2ccc(Br)cc2c(=O)n1N=Cc1c(OCc2ccc(Cl)cc2Cl)ccc2ccccc12. The number of hydrogen-bond acceptors (Lipinski definition) is 4. The normalized spacial score (nSPS) is 11.6. The highest BCUT2D eigenvalue weighted by molar-refractivity contribution is 9.10. The van der Waals surface area contributed by atoms with Crippen molar-refractivity contribution in [3.63, 3.8) is 0 Å². The number of aromatic nitrogens is 2. The number of benzene rings is 4. The highest BCUT2D eigenvalue weighted by Gasteiger charge is 2.12. The Balaban J connectivity index is 1.60. The molecule has 0 aliphatic rings. The van der Waals surface area contributed by atoms with Gasteiger partial charge in [0.15, 0.2) is 0 Å². The van der Waals surface area contributed by atoms with E-state index in [0.29, 0.717) is 38.9 Å². The third kappa shape index (κ3) is 4.89. The maximum atomic E-state index is 13.3. The Morgan fingerprint density at radius 2 is 1.86 bits per heavy atom. The van der Waals surface area contributed by atoms with Crippen LogP contribution in [0.3, 0.4) is 0 Å². The summed E-state index contributed by atoms with van der Waals surface area (Å²) in [6.07, 6.45) is 2.21. The Labute approximate surface area is 226 Å². The van der Waals surface area contributed by atoms with Crippen molar-refractivity contribution in [2.24, 2.45) is 5.10 Å². The van der Waals surface area contributed by atoms with E-state index in [1.165, 1.54) is 4.68 Å². The van der Waals surface area contributed by atoms with Gasteiger partial charge in [0, 0.05) is 32.1 Å². The predicted molar refractivity (Wildman–Crippen MR) is 151 cm³/mol. The smallest absolute Gasteiger partial charge is 0.282 e. The molecule has 0 saturated carbocycles. The van der Waals surface area contributed by atoms with Gasteiger partial charge in [-0.25, -0.2) is 4.98 Å². The summed E-state index contributed by atoms with van der Waals surface area (Å²) >= 11 is 15.8. The van der Waals surface area contributed by atoms with Gasteiger partial charge in [0.25, 0.3) is 5.56 Å². The van der Waals surface area contributed by atoms with E-state index >= 15 is 0 Å². The van der Waals surface area contributed by atoms with E-state index in [2.05, 4.69) is 26.0 Å². The molecule has 0 N–H and O–H groups in total. The Kier molecular flexibility index (Phi) is 7.10. The topological polar surface area (TPSA) is 56.5 Å². The maximum absolute atomic E-state index is 13.3. The Bertz CT molecular complexity index is 1700. The molecule has 4 aromatic carbocycles. The molecule has 5 rings (SSSR count). The van der Waals surface area contributed by atoms with E-state index in [1.54, 1.807) is 24.4 Å².